The van der Waals surface area contributed by atoms with Crippen molar-refractivity contribution in [2.24, 2.45) is 5.73 Å². The van der Waals surface area contributed by atoms with Gasteiger partial charge in [-0.2, -0.15) is 4.31 Å². The third-order valence-electron chi connectivity index (χ3n) is 3.53. The van der Waals surface area contributed by atoms with E-state index >= 15 is 0 Å². The molecule has 1 aromatic carbocycles. The molecule has 0 aromatic heterocycles. The SMILES string of the molecule is COC1CCN(S(=O)(=O)c2ccc(CN)cc2C)C1. The van der Waals surface area contributed by atoms with Crippen LogP contribution in [0.15, 0.2) is 23.1 Å². The Morgan fingerprint density at radius 1 is 1.47 bits per heavy atom. The van der Waals surface area contributed by atoms with Crippen LogP contribution in [0.3, 0.4) is 0 Å². The molecule has 0 saturated carbocycles. The summed E-state index contributed by atoms with van der Waals surface area (Å²) in [5.41, 5.74) is 7.24. The molecule has 1 unspecified atom stereocenters. The van der Waals surface area contributed by atoms with E-state index in [1.54, 1.807) is 26.2 Å². The van der Waals surface area contributed by atoms with Gasteiger partial charge in [0.2, 0.25) is 10.0 Å². The van der Waals surface area contributed by atoms with Crippen molar-refractivity contribution in [3.63, 3.8) is 0 Å². The summed E-state index contributed by atoms with van der Waals surface area (Å²) in [5, 5.41) is 0. The first kappa shape index (κ1) is 14.5. The molecular formula is C13H20N2O3S. The van der Waals surface area contributed by atoms with Gasteiger partial charge in [0.25, 0.3) is 0 Å². The summed E-state index contributed by atoms with van der Waals surface area (Å²) < 4.78 is 31.8. The number of benzene rings is 1. The van der Waals surface area contributed by atoms with Gasteiger partial charge in [-0.3, -0.25) is 0 Å². The fourth-order valence-corrected chi connectivity index (χ4v) is 4.07. The van der Waals surface area contributed by atoms with Crippen molar-refractivity contribution in [3.05, 3.63) is 29.3 Å². The Morgan fingerprint density at radius 3 is 2.74 bits per heavy atom. The van der Waals surface area contributed by atoms with Gasteiger partial charge >= 0.3 is 0 Å². The second kappa shape index (κ2) is 5.58. The summed E-state index contributed by atoms with van der Waals surface area (Å²) in [4.78, 5) is 0.362. The number of aryl methyl sites for hydroxylation is 1. The van der Waals surface area contributed by atoms with Gasteiger partial charge in [-0.05, 0) is 30.5 Å². The highest BCUT2D eigenvalue weighted by molar-refractivity contribution is 7.89. The Balaban J connectivity index is 2.30. The molecule has 1 aliphatic rings. The van der Waals surface area contributed by atoms with Crippen LogP contribution < -0.4 is 5.73 Å². The first-order valence-electron chi connectivity index (χ1n) is 6.31. The van der Waals surface area contributed by atoms with Crippen LogP contribution in [0.4, 0.5) is 0 Å². The highest BCUT2D eigenvalue weighted by Gasteiger charge is 2.33. The molecule has 1 fully saturated rings. The molecule has 1 heterocycles. The number of nitrogens with zero attached hydrogens (tertiary/aromatic N) is 1. The van der Waals surface area contributed by atoms with Crippen molar-refractivity contribution in [3.8, 4) is 0 Å². The van der Waals surface area contributed by atoms with Gasteiger partial charge in [-0.1, -0.05) is 12.1 Å². The monoisotopic (exact) mass is 284 g/mol. The predicted molar refractivity (Wildman–Crippen MR) is 73.2 cm³/mol. The number of ether oxygens (including phenoxy) is 1. The first-order chi connectivity index (χ1) is 8.98. The van der Waals surface area contributed by atoms with Crippen molar-refractivity contribution >= 4 is 10.0 Å². The van der Waals surface area contributed by atoms with Gasteiger partial charge in [-0.25, -0.2) is 8.42 Å². The molecule has 19 heavy (non-hydrogen) atoms. The van der Waals surface area contributed by atoms with Crippen LogP contribution in [0.5, 0.6) is 0 Å². The third-order valence-corrected chi connectivity index (χ3v) is 5.56. The molecule has 0 aliphatic carbocycles. The van der Waals surface area contributed by atoms with Gasteiger partial charge in [0.1, 0.15) is 0 Å². The maximum absolute atomic E-state index is 12.6. The van der Waals surface area contributed by atoms with Crippen LogP contribution in [0.1, 0.15) is 17.5 Å². The molecule has 0 amide bonds. The average Bonchev–Trinajstić information content (AvgIpc) is 2.87. The molecule has 106 valence electrons. The van der Waals surface area contributed by atoms with Crippen molar-refractivity contribution in [2.75, 3.05) is 20.2 Å². The van der Waals surface area contributed by atoms with Gasteiger partial charge in [0, 0.05) is 26.7 Å². The van der Waals surface area contributed by atoms with Crippen molar-refractivity contribution in [1.29, 1.82) is 0 Å². The van der Waals surface area contributed by atoms with Crippen molar-refractivity contribution in [2.45, 2.75) is 30.9 Å². The van der Waals surface area contributed by atoms with Gasteiger partial charge in [0.15, 0.2) is 0 Å². The Morgan fingerprint density at radius 2 is 2.21 bits per heavy atom. The highest BCUT2D eigenvalue weighted by Crippen LogP contribution is 2.25. The van der Waals surface area contributed by atoms with Gasteiger partial charge in [0.05, 0.1) is 11.0 Å². The lowest BCUT2D eigenvalue weighted by molar-refractivity contribution is 0.115. The quantitative estimate of drug-likeness (QED) is 0.890. The summed E-state index contributed by atoms with van der Waals surface area (Å²) in [7, 11) is -1.81. The summed E-state index contributed by atoms with van der Waals surface area (Å²) in [6.45, 7) is 3.16. The van der Waals surface area contributed by atoms with Crippen molar-refractivity contribution < 1.29 is 13.2 Å². The van der Waals surface area contributed by atoms with E-state index in [-0.39, 0.29) is 6.10 Å². The van der Waals surface area contributed by atoms with E-state index in [4.69, 9.17) is 10.5 Å². The molecule has 1 atom stereocenters. The van der Waals surface area contributed by atoms with Crippen molar-refractivity contribution in [1.82, 2.24) is 4.31 Å². The minimum absolute atomic E-state index is 0.00149. The van der Waals surface area contributed by atoms with Crippen LogP contribution in [0.2, 0.25) is 0 Å². The zero-order valence-electron chi connectivity index (χ0n) is 11.3. The molecule has 1 aromatic rings. The molecular weight excluding hydrogens is 264 g/mol. The zero-order valence-corrected chi connectivity index (χ0v) is 12.1. The molecule has 0 spiro atoms. The maximum atomic E-state index is 12.6. The summed E-state index contributed by atoms with van der Waals surface area (Å²) >= 11 is 0. The predicted octanol–water partition coefficient (Wildman–Crippen LogP) is 0.863. The number of methoxy groups -OCH3 is 1. The van der Waals surface area contributed by atoms with E-state index in [2.05, 4.69) is 0 Å². The normalized spacial score (nSPS) is 20.9. The van der Waals surface area contributed by atoms with E-state index in [1.165, 1.54) is 4.31 Å². The van der Waals surface area contributed by atoms with Gasteiger partial charge < -0.3 is 10.5 Å². The molecule has 0 radical (unpaired) electrons. The fraction of sp³-hybridized carbons (Fsp3) is 0.538. The number of nitrogens with two attached hydrogens (primary N) is 1. The number of hydrogen-bond donors (Lipinski definition) is 1. The lowest BCUT2D eigenvalue weighted by Crippen LogP contribution is -2.30. The Kier molecular flexibility index (Phi) is 4.25. The van der Waals surface area contributed by atoms with Crippen LogP contribution in [0.25, 0.3) is 0 Å². The first-order valence-corrected chi connectivity index (χ1v) is 7.75. The van der Waals surface area contributed by atoms with E-state index in [9.17, 15) is 8.42 Å². The Labute approximate surface area is 114 Å². The minimum atomic E-state index is -3.42. The summed E-state index contributed by atoms with van der Waals surface area (Å²) in [6, 6.07) is 5.24. The number of rotatable bonds is 4. The Hall–Kier alpha value is -0.950. The number of sulfonamides is 1. The molecule has 6 heteroatoms. The van der Waals surface area contributed by atoms with E-state index < -0.39 is 10.0 Å². The second-order valence-electron chi connectivity index (χ2n) is 4.81. The third kappa shape index (κ3) is 2.81. The van der Waals surface area contributed by atoms with Gasteiger partial charge in [-0.15, -0.1) is 0 Å². The maximum Gasteiger partial charge on any atom is 0.243 e. The fourth-order valence-electron chi connectivity index (χ4n) is 2.38. The largest absolute Gasteiger partial charge is 0.380 e. The van der Waals surface area contributed by atoms with Crippen LogP contribution >= 0.6 is 0 Å². The molecule has 0 bridgehead atoms. The molecule has 1 saturated heterocycles. The standard InChI is InChI=1S/C13H20N2O3S/c1-10-7-11(8-14)3-4-13(10)19(16,17)15-6-5-12(9-15)18-2/h3-4,7,12H,5-6,8-9,14H2,1-2H3. The smallest absolute Gasteiger partial charge is 0.243 e. The molecule has 5 nitrogen and oxygen atoms in total. The van der Waals surface area contributed by atoms with Crippen LogP contribution in [0, 0.1) is 6.92 Å². The van der Waals surface area contributed by atoms with E-state index in [1.807, 2.05) is 6.07 Å². The molecule has 2 N–H and O–H groups in total. The molecule has 1 aliphatic heterocycles. The van der Waals surface area contributed by atoms with E-state index in [0.29, 0.717) is 24.5 Å². The van der Waals surface area contributed by atoms with Crippen LogP contribution in [-0.2, 0) is 21.3 Å². The average molecular weight is 284 g/mol. The Bertz CT molecular complexity index is 557. The zero-order chi connectivity index (χ0) is 14.0. The lowest BCUT2D eigenvalue weighted by atomic mass is 10.1. The van der Waals surface area contributed by atoms with E-state index in [0.717, 1.165) is 17.5 Å². The topological polar surface area (TPSA) is 72.6 Å². The second-order valence-corrected chi connectivity index (χ2v) is 6.72. The summed E-state index contributed by atoms with van der Waals surface area (Å²) in [6.07, 6.45) is 0.744. The minimum Gasteiger partial charge on any atom is -0.380 e. The highest BCUT2D eigenvalue weighted by atomic mass is 32.2. The van der Waals surface area contributed by atoms with Crippen LogP contribution in [-0.4, -0.2) is 39.0 Å². The summed E-state index contributed by atoms with van der Waals surface area (Å²) in [5.74, 6) is 0. The molecule has 2 rings (SSSR count). The lowest BCUT2D eigenvalue weighted by Gasteiger charge is -2.18. The number of hydrogen-bond acceptors (Lipinski definition) is 4.